The number of nitrogens with zero attached hydrogens (tertiary/aromatic N) is 1. The Labute approximate surface area is 84.1 Å². The Kier molecular flexibility index (Phi) is 5.87. The summed E-state index contributed by atoms with van der Waals surface area (Å²) in [6.45, 7) is 2.11. The lowest BCUT2D eigenvalue weighted by molar-refractivity contribution is -0.137. The number of rotatable bonds is 6. The van der Waals surface area contributed by atoms with Crippen LogP contribution in [0.1, 0.15) is 19.8 Å². The van der Waals surface area contributed by atoms with Gasteiger partial charge in [-0.1, -0.05) is 6.92 Å². The molecule has 5 heteroatoms. The van der Waals surface area contributed by atoms with Gasteiger partial charge in [0.05, 0.1) is 12.5 Å². The lowest BCUT2D eigenvalue weighted by atomic mass is 10.3. The summed E-state index contributed by atoms with van der Waals surface area (Å²) < 4.78 is 0. The number of carboxylic acid groups (broad SMARTS) is 1. The molecule has 0 fully saturated rings. The van der Waals surface area contributed by atoms with Gasteiger partial charge in [-0.3, -0.25) is 14.5 Å². The highest BCUT2D eigenvalue weighted by Gasteiger charge is 2.17. The van der Waals surface area contributed by atoms with Crippen molar-refractivity contribution in [2.75, 3.05) is 20.6 Å². The van der Waals surface area contributed by atoms with Crippen molar-refractivity contribution in [1.29, 1.82) is 0 Å². The van der Waals surface area contributed by atoms with E-state index in [0.717, 1.165) is 0 Å². The van der Waals surface area contributed by atoms with E-state index in [-0.39, 0.29) is 24.9 Å². The molecular formula is C9H18N2O3. The number of amides is 1. The molecule has 1 amide bonds. The third kappa shape index (κ3) is 4.81. The van der Waals surface area contributed by atoms with Crippen molar-refractivity contribution in [3.8, 4) is 0 Å². The molecule has 0 saturated carbocycles. The van der Waals surface area contributed by atoms with Crippen LogP contribution in [0.2, 0.25) is 0 Å². The fourth-order valence-corrected chi connectivity index (χ4v) is 1.20. The number of carbonyl (C=O) groups excluding carboxylic acids is 1. The van der Waals surface area contributed by atoms with Crippen molar-refractivity contribution in [2.24, 2.45) is 0 Å². The van der Waals surface area contributed by atoms with Crippen molar-refractivity contribution in [1.82, 2.24) is 10.2 Å². The zero-order valence-corrected chi connectivity index (χ0v) is 8.91. The van der Waals surface area contributed by atoms with Crippen molar-refractivity contribution in [3.63, 3.8) is 0 Å². The van der Waals surface area contributed by atoms with Crippen LogP contribution in [0.5, 0.6) is 0 Å². The molecule has 1 atom stereocenters. The van der Waals surface area contributed by atoms with Crippen molar-refractivity contribution in [3.05, 3.63) is 0 Å². The standard InChI is InChI=1S/C9H18N2O3/c1-4-7(11(2)3)9(14)10-6-5-8(12)13/h7H,4-6H2,1-3H3,(H,10,14)(H,12,13)/i1+1,4+1. The van der Waals surface area contributed by atoms with Crippen molar-refractivity contribution in [2.45, 2.75) is 25.8 Å². The second-order valence-corrected chi connectivity index (χ2v) is 3.32. The van der Waals surface area contributed by atoms with Gasteiger partial charge < -0.3 is 10.4 Å². The number of likely N-dealkylation sites (N-methyl/N-ethyl adjacent to an activating group) is 1. The Morgan fingerprint density at radius 3 is 2.36 bits per heavy atom. The largest absolute Gasteiger partial charge is 0.481 e. The summed E-state index contributed by atoms with van der Waals surface area (Å²) in [6, 6.07) is -0.177. The number of nitrogens with one attached hydrogen (secondary N) is 1. The maximum Gasteiger partial charge on any atom is 0.305 e. The molecule has 5 nitrogen and oxygen atoms in total. The first-order valence-corrected chi connectivity index (χ1v) is 4.65. The van der Waals surface area contributed by atoms with Gasteiger partial charge in [0.25, 0.3) is 0 Å². The molecule has 0 bridgehead atoms. The lowest BCUT2D eigenvalue weighted by Crippen LogP contribution is -2.43. The minimum atomic E-state index is -0.900. The third-order valence-corrected chi connectivity index (χ3v) is 1.95. The van der Waals surface area contributed by atoms with Gasteiger partial charge in [-0.05, 0) is 20.5 Å². The molecular weight excluding hydrogens is 186 g/mol. The predicted octanol–water partition coefficient (Wildman–Crippen LogP) is -0.0825. The van der Waals surface area contributed by atoms with Crippen LogP contribution >= 0.6 is 0 Å². The Hall–Kier alpha value is -1.10. The van der Waals surface area contributed by atoms with Crippen LogP contribution in [0.4, 0.5) is 0 Å². The van der Waals surface area contributed by atoms with Gasteiger partial charge >= 0.3 is 5.97 Å². The zero-order chi connectivity index (χ0) is 11.1. The molecule has 0 aromatic rings. The molecule has 0 aliphatic heterocycles. The summed E-state index contributed by atoms with van der Waals surface area (Å²) in [6.07, 6.45) is 0.682. The van der Waals surface area contributed by atoms with E-state index in [0.29, 0.717) is 6.42 Å². The van der Waals surface area contributed by atoms with Crippen LogP contribution < -0.4 is 5.32 Å². The first-order chi connectivity index (χ1) is 6.49. The van der Waals surface area contributed by atoms with Gasteiger partial charge in [-0.2, -0.15) is 0 Å². The van der Waals surface area contributed by atoms with E-state index in [2.05, 4.69) is 5.32 Å². The SMILES string of the molecule is CN(C)C([13CH2][13CH3])C(=O)NCCC(=O)O. The third-order valence-electron chi connectivity index (χ3n) is 1.95. The first-order valence-electron chi connectivity index (χ1n) is 4.65. The predicted molar refractivity (Wildman–Crippen MR) is 53.0 cm³/mol. The Morgan fingerprint density at radius 2 is 2.00 bits per heavy atom. The number of aliphatic carboxylic acids is 1. The second-order valence-electron chi connectivity index (χ2n) is 3.32. The molecule has 14 heavy (non-hydrogen) atoms. The summed E-state index contributed by atoms with van der Waals surface area (Å²) in [4.78, 5) is 23.5. The van der Waals surface area contributed by atoms with E-state index in [9.17, 15) is 9.59 Å². The minimum absolute atomic E-state index is 0.0321. The smallest absolute Gasteiger partial charge is 0.305 e. The quantitative estimate of drug-likeness (QED) is 0.594. The molecule has 0 heterocycles. The highest BCUT2D eigenvalue weighted by Crippen LogP contribution is 1.98. The van der Waals surface area contributed by atoms with Crippen LogP contribution in [0.15, 0.2) is 0 Å². The van der Waals surface area contributed by atoms with E-state index in [1.165, 1.54) is 0 Å². The Balaban J connectivity index is 3.87. The molecule has 0 aliphatic carbocycles. The Bertz CT molecular complexity index is 204. The van der Waals surface area contributed by atoms with Gasteiger partial charge in [0.2, 0.25) is 5.91 Å². The summed E-state index contributed by atoms with van der Waals surface area (Å²) in [7, 11) is 3.65. The molecule has 0 aromatic heterocycles. The summed E-state index contributed by atoms with van der Waals surface area (Å²) in [5.41, 5.74) is 0. The van der Waals surface area contributed by atoms with Gasteiger partial charge in [0, 0.05) is 6.54 Å². The average molecular weight is 204 g/mol. The topological polar surface area (TPSA) is 69.6 Å². The molecule has 0 aromatic carbocycles. The van der Waals surface area contributed by atoms with E-state index in [4.69, 9.17) is 5.11 Å². The molecule has 2 N–H and O–H groups in total. The number of carboxylic acids is 1. The maximum atomic E-state index is 11.5. The molecule has 0 saturated heterocycles. The van der Waals surface area contributed by atoms with E-state index in [1.807, 2.05) is 25.9 Å². The van der Waals surface area contributed by atoms with Gasteiger partial charge in [0.1, 0.15) is 0 Å². The monoisotopic (exact) mass is 204 g/mol. The minimum Gasteiger partial charge on any atom is -0.481 e. The maximum absolute atomic E-state index is 11.5. The van der Waals surface area contributed by atoms with Crippen LogP contribution in [-0.4, -0.2) is 48.6 Å². The molecule has 0 radical (unpaired) electrons. The number of carbonyl (C=O) groups is 2. The second kappa shape index (κ2) is 6.37. The van der Waals surface area contributed by atoms with Crippen LogP contribution in [0.3, 0.4) is 0 Å². The van der Waals surface area contributed by atoms with Crippen LogP contribution in [0, 0.1) is 0 Å². The van der Waals surface area contributed by atoms with E-state index >= 15 is 0 Å². The molecule has 0 rings (SSSR count). The highest BCUT2D eigenvalue weighted by molar-refractivity contribution is 5.82. The Morgan fingerprint density at radius 1 is 1.43 bits per heavy atom. The fourth-order valence-electron chi connectivity index (χ4n) is 1.20. The van der Waals surface area contributed by atoms with Crippen LogP contribution in [0.25, 0.3) is 0 Å². The van der Waals surface area contributed by atoms with Gasteiger partial charge in [-0.25, -0.2) is 0 Å². The van der Waals surface area contributed by atoms with Gasteiger partial charge in [-0.15, -0.1) is 0 Å². The normalized spacial score (nSPS) is 12.6. The van der Waals surface area contributed by atoms with Gasteiger partial charge in [0.15, 0.2) is 0 Å². The summed E-state index contributed by atoms with van der Waals surface area (Å²) in [5, 5.41) is 11.0. The summed E-state index contributed by atoms with van der Waals surface area (Å²) in [5.74, 6) is -1.01. The fraction of sp³-hybridized carbons (Fsp3) is 0.778. The number of hydrogen-bond donors (Lipinski definition) is 2. The van der Waals surface area contributed by atoms with E-state index in [1.54, 1.807) is 0 Å². The zero-order valence-electron chi connectivity index (χ0n) is 8.91. The van der Waals surface area contributed by atoms with Crippen molar-refractivity contribution < 1.29 is 14.7 Å². The molecule has 1 unspecified atom stereocenters. The number of hydrogen-bond acceptors (Lipinski definition) is 3. The molecule has 0 aliphatic rings. The molecule has 82 valence electrons. The highest BCUT2D eigenvalue weighted by atomic mass is 16.4. The average Bonchev–Trinajstić information content (AvgIpc) is 2.03. The first kappa shape index (κ1) is 12.9. The summed E-state index contributed by atoms with van der Waals surface area (Å²) >= 11 is 0. The van der Waals surface area contributed by atoms with E-state index < -0.39 is 5.97 Å². The lowest BCUT2D eigenvalue weighted by Gasteiger charge is -2.21. The van der Waals surface area contributed by atoms with Crippen LogP contribution in [-0.2, 0) is 9.59 Å². The van der Waals surface area contributed by atoms with Crippen molar-refractivity contribution >= 4 is 11.9 Å². The molecule has 0 spiro atoms.